The summed E-state index contributed by atoms with van der Waals surface area (Å²) in [6.45, 7) is 0.608. The average Bonchev–Trinajstić information content (AvgIpc) is 3.36. The zero-order chi connectivity index (χ0) is 19.6. The van der Waals surface area contributed by atoms with Gasteiger partial charge in [0.05, 0.1) is 29.9 Å². The highest BCUT2D eigenvalue weighted by Crippen LogP contribution is 2.27. The van der Waals surface area contributed by atoms with Crippen LogP contribution in [0.15, 0.2) is 60.9 Å². The fourth-order valence-corrected chi connectivity index (χ4v) is 3.67. The number of fused-ring (bicyclic) bond motifs is 2. The maximum absolute atomic E-state index is 12.2. The van der Waals surface area contributed by atoms with Crippen LogP contribution in [-0.2, 0) is 17.8 Å². The van der Waals surface area contributed by atoms with Crippen molar-refractivity contribution < 1.29 is 9.53 Å². The number of carbonyl (C=O) groups is 1. The highest BCUT2D eigenvalue weighted by molar-refractivity contribution is 5.90. The van der Waals surface area contributed by atoms with E-state index in [1.54, 1.807) is 12.1 Å². The van der Waals surface area contributed by atoms with E-state index < -0.39 is 0 Å². The van der Waals surface area contributed by atoms with Crippen LogP contribution in [-0.4, -0.2) is 36.8 Å². The summed E-state index contributed by atoms with van der Waals surface area (Å²) in [6.07, 6.45) is 3.63. The molecule has 1 atom stereocenters. The van der Waals surface area contributed by atoms with Gasteiger partial charge in [-0.2, -0.15) is 4.98 Å². The lowest BCUT2D eigenvalue weighted by molar-refractivity contribution is -0.118. The number of imidazole rings is 1. The molecule has 1 aliphatic heterocycles. The number of anilines is 1. The first-order valence-corrected chi connectivity index (χ1v) is 9.59. The molecule has 1 unspecified atom stereocenters. The topological polar surface area (TPSA) is 86.9 Å². The van der Waals surface area contributed by atoms with Crippen LogP contribution < -0.4 is 10.1 Å². The minimum absolute atomic E-state index is 0.0858. The average molecular weight is 388 g/mol. The van der Waals surface area contributed by atoms with Gasteiger partial charge in [-0.15, -0.1) is 5.10 Å². The van der Waals surface area contributed by atoms with Crippen molar-refractivity contribution in [2.75, 3.05) is 11.9 Å². The first-order valence-electron chi connectivity index (χ1n) is 9.59. The van der Waals surface area contributed by atoms with E-state index in [1.165, 1.54) is 0 Å². The van der Waals surface area contributed by atoms with Gasteiger partial charge >= 0.3 is 0 Å². The third kappa shape index (κ3) is 3.56. The smallest absolute Gasteiger partial charge is 0.264 e. The van der Waals surface area contributed by atoms with Crippen LogP contribution in [0, 0.1) is 0 Å². The molecule has 0 spiro atoms. The van der Waals surface area contributed by atoms with Crippen molar-refractivity contribution in [3.63, 3.8) is 0 Å². The van der Waals surface area contributed by atoms with E-state index in [2.05, 4.69) is 31.0 Å². The van der Waals surface area contributed by atoms with Crippen LogP contribution in [0.25, 0.3) is 11.0 Å². The maximum atomic E-state index is 12.2. The molecular weight excluding hydrogens is 368 g/mol. The molecule has 2 aromatic heterocycles. The highest BCUT2D eigenvalue weighted by Gasteiger charge is 2.24. The second-order valence-corrected chi connectivity index (χ2v) is 7.02. The van der Waals surface area contributed by atoms with E-state index >= 15 is 0 Å². The van der Waals surface area contributed by atoms with Crippen LogP contribution >= 0.6 is 0 Å². The summed E-state index contributed by atoms with van der Waals surface area (Å²) in [4.78, 5) is 21.1. The van der Waals surface area contributed by atoms with Crippen LogP contribution in [0.3, 0.4) is 0 Å². The molecule has 146 valence electrons. The Morgan fingerprint density at radius 3 is 2.86 bits per heavy atom. The Hall–Kier alpha value is -3.68. The lowest BCUT2D eigenvalue weighted by atomic mass is 10.1. The zero-order valence-corrected chi connectivity index (χ0v) is 15.7. The standard InChI is InChI=1S/C21H20N6O2/c28-20(13-29-16-6-2-1-3-7-16)24-21-23-19-11-10-15(12-27(19)25-21)26-14-22-17-8-4-5-9-18(17)26/h1-9,14-15H,10-13H2,(H,24,25,28). The number of carbonyl (C=O) groups excluding carboxylic acids is 1. The number of hydrogen-bond donors (Lipinski definition) is 1. The molecule has 1 aliphatic rings. The number of hydrogen-bond acceptors (Lipinski definition) is 5. The lowest BCUT2D eigenvalue weighted by Crippen LogP contribution is -2.24. The number of nitrogens with one attached hydrogen (secondary N) is 1. The van der Waals surface area contributed by atoms with Crippen molar-refractivity contribution >= 4 is 22.9 Å². The van der Waals surface area contributed by atoms with E-state index in [0.29, 0.717) is 18.2 Å². The van der Waals surface area contributed by atoms with E-state index in [1.807, 2.05) is 47.4 Å². The van der Waals surface area contributed by atoms with Crippen LogP contribution in [0.5, 0.6) is 5.75 Å². The predicted molar refractivity (Wildman–Crippen MR) is 108 cm³/mol. The normalized spacial score (nSPS) is 15.8. The highest BCUT2D eigenvalue weighted by atomic mass is 16.5. The predicted octanol–water partition coefficient (Wildman–Crippen LogP) is 2.83. The molecule has 0 bridgehead atoms. The Labute approximate surface area is 167 Å². The van der Waals surface area contributed by atoms with Gasteiger partial charge in [0.15, 0.2) is 6.61 Å². The van der Waals surface area contributed by atoms with Gasteiger partial charge in [0.25, 0.3) is 5.91 Å². The third-order valence-corrected chi connectivity index (χ3v) is 5.07. The van der Waals surface area contributed by atoms with Gasteiger partial charge in [-0.05, 0) is 30.7 Å². The van der Waals surface area contributed by atoms with E-state index in [0.717, 1.165) is 29.7 Å². The Bertz CT molecular complexity index is 1150. The quantitative estimate of drug-likeness (QED) is 0.568. The summed E-state index contributed by atoms with van der Waals surface area (Å²) < 4.78 is 9.54. The molecule has 4 aromatic rings. The Kier molecular flexibility index (Phi) is 4.44. The molecule has 29 heavy (non-hydrogen) atoms. The SMILES string of the molecule is O=C(COc1ccccc1)Nc1nc2n(n1)CC(n1cnc3ccccc31)CC2. The van der Waals surface area contributed by atoms with E-state index in [-0.39, 0.29) is 18.6 Å². The second kappa shape index (κ2) is 7.38. The summed E-state index contributed by atoms with van der Waals surface area (Å²) in [5.74, 6) is 1.56. The van der Waals surface area contributed by atoms with Crippen molar-refractivity contribution in [1.82, 2.24) is 24.3 Å². The first-order chi connectivity index (χ1) is 14.3. The van der Waals surface area contributed by atoms with Crippen molar-refractivity contribution in [3.8, 4) is 5.75 Å². The van der Waals surface area contributed by atoms with Gasteiger partial charge in [0.1, 0.15) is 11.6 Å². The molecule has 0 fully saturated rings. The molecule has 5 rings (SSSR count). The van der Waals surface area contributed by atoms with Gasteiger partial charge in [-0.25, -0.2) is 9.67 Å². The number of aromatic nitrogens is 5. The van der Waals surface area contributed by atoms with Crippen molar-refractivity contribution in [1.29, 1.82) is 0 Å². The molecule has 1 amide bonds. The Morgan fingerprint density at radius 1 is 1.14 bits per heavy atom. The number of ether oxygens (including phenoxy) is 1. The molecule has 0 saturated heterocycles. The molecule has 1 N–H and O–H groups in total. The van der Waals surface area contributed by atoms with Crippen LogP contribution in [0.2, 0.25) is 0 Å². The molecular formula is C21H20N6O2. The molecule has 2 aromatic carbocycles. The largest absolute Gasteiger partial charge is 0.484 e. The van der Waals surface area contributed by atoms with Crippen LogP contribution in [0.1, 0.15) is 18.3 Å². The first kappa shape index (κ1) is 17.4. The molecule has 3 heterocycles. The fraction of sp³-hybridized carbons (Fsp3) is 0.238. The monoisotopic (exact) mass is 388 g/mol. The minimum Gasteiger partial charge on any atom is -0.484 e. The second-order valence-electron chi connectivity index (χ2n) is 7.02. The lowest BCUT2D eigenvalue weighted by Gasteiger charge is -2.24. The van der Waals surface area contributed by atoms with Crippen molar-refractivity contribution in [3.05, 3.63) is 66.7 Å². The Morgan fingerprint density at radius 2 is 1.97 bits per heavy atom. The van der Waals surface area contributed by atoms with Gasteiger partial charge in [-0.3, -0.25) is 10.1 Å². The third-order valence-electron chi connectivity index (χ3n) is 5.07. The van der Waals surface area contributed by atoms with Gasteiger partial charge in [-0.1, -0.05) is 30.3 Å². The molecule has 0 saturated carbocycles. The van der Waals surface area contributed by atoms with Crippen LogP contribution in [0.4, 0.5) is 5.95 Å². The summed E-state index contributed by atoms with van der Waals surface area (Å²) in [7, 11) is 0. The molecule has 8 nitrogen and oxygen atoms in total. The summed E-state index contributed by atoms with van der Waals surface area (Å²) >= 11 is 0. The molecule has 8 heteroatoms. The minimum atomic E-state index is -0.283. The number of benzene rings is 2. The Balaban J connectivity index is 1.25. The van der Waals surface area contributed by atoms with Crippen molar-refractivity contribution in [2.24, 2.45) is 0 Å². The molecule has 0 radical (unpaired) electrons. The number of nitrogens with zero attached hydrogens (tertiary/aromatic N) is 5. The summed E-state index contributed by atoms with van der Waals surface area (Å²) in [6, 6.07) is 17.6. The van der Waals surface area contributed by atoms with Gasteiger partial charge < -0.3 is 9.30 Å². The molecule has 0 aliphatic carbocycles. The van der Waals surface area contributed by atoms with Gasteiger partial charge in [0, 0.05) is 6.42 Å². The number of para-hydroxylation sites is 3. The fourth-order valence-electron chi connectivity index (χ4n) is 3.67. The summed E-state index contributed by atoms with van der Waals surface area (Å²) in [5, 5.41) is 7.19. The number of amides is 1. The maximum Gasteiger partial charge on any atom is 0.264 e. The van der Waals surface area contributed by atoms with Gasteiger partial charge in [0.2, 0.25) is 5.95 Å². The van der Waals surface area contributed by atoms with E-state index in [4.69, 9.17) is 4.74 Å². The number of aryl methyl sites for hydroxylation is 1. The summed E-state index contributed by atoms with van der Waals surface area (Å²) in [5.41, 5.74) is 2.11. The van der Waals surface area contributed by atoms with E-state index in [9.17, 15) is 4.79 Å². The number of rotatable bonds is 5. The van der Waals surface area contributed by atoms with Crippen molar-refractivity contribution in [2.45, 2.75) is 25.4 Å². The zero-order valence-electron chi connectivity index (χ0n) is 15.7.